The van der Waals surface area contributed by atoms with Crippen LogP contribution >= 0.6 is 0 Å². The Morgan fingerprint density at radius 2 is 1.67 bits per heavy atom. The van der Waals surface area contributed by atoms with Crippen molar-refractivity contribution in [2.24, 2.45) is 4.40 Å². The Bertz CT molecular complexity index is 1010. The summed E-state index contributed by atoms with van der Waals surface area (Å²) >= 11 is 0. The first-order valence-corrected chi connectivity index (χ1v) is 8.88. The monoisotopic (exact) mass is 339 g/mol. The van der Waals surface area contributed by atoms with Crippen LogP contribution in [0.15, 0.2) is 70.0 Å². The molecule has 0 aliphatic heterocycles. The van der Waals surface area contributed by atoms with E-state index in [-0.39, 0.29) is 4.90 Å². The Kier molecular flexibility index (Phi) is 4.36. The fourth-order valence-corrected chi connectivity index (χ4v) is 3.33. The third-order valence-corrected chi connectivity index (χ3v) is 5.04. The first-order valence-electron chi connectivity index (χ1n) is 7.44. The van der Waals surface area contributed by atoms with Crippen molar-refractivity contribution in [3.05, 3.63) is 71.8 Å². The summed E-state index contributed by atoms with van der Waals surface area (Å²) in [5, 5.41) is 1.88. The summed E-state index contributed by atoms with van der Waals surface area (Å²) in [5.74, 6) is 0.580. The molecule has 0 fully saturated rings. The highest BCUT2D eigenvalue weighted by atomic mass is 32.2. The number of benzene rings is 3. The number of fused-ring (bicyclic) bond motifs is 1. The first-order chi connectivity index (χ1) is 11.5. The molecule has 0 saturated carbocycles. The van der Waals surface area contributed by atoms with Crippen molar-refractivity contribution >= 4 is 27.0 Å². The minimum absolute atomic E-state index is 0.170. The summed E-state index contributed by atoms with van der Waals surface area (Å²) in [6, 6.07) is 18.1. The highest BCUT2D eigenvalue weighted by molar-refractivity contribution is 7.90. The summed E-state index contributed by atoms with van der Waals surface area (Å²) in [6.07, 6.45) is 1.36. The molecule has 0 unspecified atom stereocenters. The number of sulfonamides is 1. The molecule has 0 aliphatic rings. The van der Waals surface area contributed by atoms with Crippen LogP contribution in [0.4, 0.5) is 0 Å². The number of nitrogens with zero attached hydrogens (tertiary/aromatic N) is 1. The number of ether oxygens (including phenoxy) is 1. The van der Waals surface area contributed by atoms with Gasteiger partial charge in [-0.1, -0.05) is 48.0 Å². The molecule has 3 aromatic rings. The first kappa shape index (κ1) is 16.2. The van der Waals surface area contributed by atoms with E-state index < -0.39 is 10.0 Å². The molecule has 0 amide bonds. The fourth-order valence-electron chi connectivity index (χ4n) is 2.48. The van der Waals surface area contributed by atoms with E-state index in [1.807, 2.05) is 43.3 Å². The van der Waals surface area contributed by atoms with E-state index in [4.69, 9.17) is 4.74 Å². The van der Waals surface area contributed by atoms with Crippen molar-refractivity contribution < 1.29 is 13.2 Å². The SMILES string of the molecule is COc1ccc2ccccc2c1/C=N\S(=O)(=O)c1ccc(C)cc1. The molecule has 0 radical (unpaired) electrons. The van der Waals surface area contributed by atoms with Gasteiger partial charge in [-0.2, -0.15) is 12.8 Å². The number of methoxy groups -OCH3 is 1. The fraction of sp³-hybridized carbons (Fsp3) is 0.105. The van der Waals surface area contributed by atoms with E-state index in [0.717, 1.165) is 16.3 Å². The van der Waals surface area contributed by atoms with E-state index in [0.29, 0.717) is 11.3 Å². The lowest BCUT2D eigenvalue weighted by Crippen LogP contribution is -1.99. The summed E-state index contributed by atoms with van der Waals surface area (Å²) in [6.45, 7) is 1.90. The minimum atomic E-state index is -3.75. The van der Waals surface area contributed by atoms with Gasteiger partial charge in [0.2, 0.25) is 0 Å². The van der Waals surface area contributed by atoms with Gasteiger partial charge in [0.25, 0.3) is 10.0 Å². The number of hydrogen-bond acceptors (Lipinski definition) is 3. The van der Waals surface area contributed by atoms with Crippen molar-refractivity contribution in [3.8, 4) is 5.75 Å². The predicted molar refractivity (Wildman–Crippen MR) is 96.5 cm³/mol. The maximum atomic E-state index is 12.4. The topological polar surface area (TPSA) is 55.7 Å². The molecule has 24 heavy (non-hydrogen) atoms. The smallest absolute Gasteiger partial charge is 0.282 e. The summed E-state index contributed by atoms with van der Waals surface area (Å²) in [7, 11) is -2.20. The zero-order valence-corrected chi connectivity index (χ0v) is 14.2. The third kappa shape index (κ3) is 3.16. The maximum Gasteiger partial charge on any atom is 0.282 e. The number of aryl methyl sites for hydroxylation is 1. The lowest BCUT2D eigenvalue weighted by Gasteiger charge is -2.08. The molecule has 0 aromatic heterocycles. The predicted octanol–water partition coefficient (Wildman–Crippen LogP) is 3.96. The Morgan fingerprint density at radius 3 is 2.38 bits per heavy atom. The summed E-state index contributed by atoms with van der Waals surface area (Å²) in [5.41, 5.74) is 1.64. The molecule has 4 nitrogen and oxygen atoms in total. The third-order valence-electron chi connectivity index (χ3n) is 3.79. The van der Waals surface area contributed by atoms with Crippen molar-refractivity contribution in [1.82, 2.24) is 0 Å². The molecule has 0 spiro atoms. The molecule has 0 N–H and O–H groups in total. The van der Waals surface area contributed by atoms with E-state index >= 15 is 0 Å². The molecule has 0 heterocycles. The van der Waals surface area contributed by atoms with E-state index in [2.05, 4.69) is 4.40 Å². The van der Waals surface area contributed by atoms with Gasteiger partial charge >= 0.3 is 0 Å². The van der Waals surface area contributed by atoms with Gasteiger partial charge in [0.05, 0.1) is 18.2 Å². The second-order valence-corrected chi connectivity index (χ2v) is 7.06. The Hall–Kier alpha value is -2.66. The van der Waals surface area contributed by atoms with E-state index in [1.54, 1.807) is 31.4 Å². The van der Waals surface area contributed by atoms with Crippen molar-refractivity contribution in [2.75, 3.05) is 7.11 Å². The van der Waals surface area contributed by atoms with Crippen LogP contribution in [0.1, 0.15) is 11.1 Å². The van der Waals surface area contributed by atoms with Crippen LogP contribution in [0.3, 0.4) is 0 Å². The van der Waals surface area contributed by atoms with Crippen LogP contribution < -0.4 is 4.74 Å². The Balaban J connectivity index is 2.08. The van der Waals surface area contributed by atoms with Gasteiger partial charge in [-0.25, -0.2) is 0 Å². The minimum Gasteiger partial charge on any atom is -0.496 e. The average molecular weight is 339 g/mol. The zero-order valence-electron chi connectivity index (χ0n) is 13.4. The van der Waals surface area contributed by atoms with E-state index in [1.165, 1.54) is 6.21 Å². The van der Waals surface area contributed by atoms with Crippen LogP contribution in [-0.2, 0) is 10.0 Å². The Morgan fingerprint density at radius 1 is 0.958 bits per heavy atom. The number of rotatable bonds is 4. The molecule has 0 saturated heterocycles. The quantitative estimate of drug-likeness (QED) is 0.676. The molecular weight excluding hydrogens is 322 g/mol. The average Bonchev–Trinajstić information content (AvgIpc) is 2.60. The molecule has 3 aromatic carbocycles. The lowest BCUT2D eigenvalue weighted by molar-refractivity contribution is 0.415. The molecule has 122 valence electrons. The highest BCUT2D eigenvalue weighted by Crippen LogP contribution is 2.27. The van der Waals surface area contributed by atoms with Crippen LogP contribution in [0.5, 0.6) is 5.75 Å². The molecule has 3 rings (SSSR count). The van der Waals surface area contributed by atoms with Gasteiger partial charge in [-0.05, 0) is 35.9 Å². The zero-order chi connectivity index (χ0) is 17.2. The highest BCUT2D eigenvalue weighted by Gasteiger charge is 2.13. The van der Waals surface area contributed by atoms with Crippen LogP contribution in [0.25, 0.3) is 10.8 Å². The molecule has 0 atom stereocenters. The summed E-state index contributed by atoms with van der Waals surface area (Å²) < 4.78 is 34.0. The van der Waals surface area contributed by atoms with Crippen molar-refractivity contribution in [2.45, 2.75) is 11.8 Å². The lowest BCUT2D eigenvalue weighted by atomic mass is 10.0. The normalized spacial score (nSPS) is 11.9. The largest absolute Gasteiger partial charge is 0.496 e. The van der Waals surface area contributed by atoms with Crippen molar-refractivity contribution in [1.29, 1.82) is 0 Å². The number of hydrogen-bond donors (Lipinski definition) is 0. The van der Waals surface area contributed by atoms with Crippen LogP contribution in [0.2, 0.25) is 0 Å². The second kappa shape index (κ2) is 6.45. The van der Waals surface area contributed by atoms with Gasteiger partial charge in [-0.3, -0.25) is 0 Å². The van der Waals surface area contributed by atoms with Gasteiger partial charge in [0.15, 0.2) is 0 Å². The molecule has 0 aliphatic carbocycles. The summed E-state index contributed by atoms with van der Waals surface area (Å²) in [4.78, 5) is 0.170. The Labute approximate surface area is 141 Å². The van der Waals surface area contributed by atoms with Gasteiger partial charge in [0.1, 0.15) is 5.75 Å². The second-order valence-electron chi connectivity index (χ2n) is 5.43. The standard InChI is InChI=1S/C19H17NO3S/c1-14-7-10-16(11-8-14)24(21,22)20-13-18-17-6-4-3-5-15(17)9-12-19(18)23-2/h3-13H,1-2H3/b20-13-. The molecule has 0 bridgehead atoms. The van der Waals surface area contributed by atoms with Crippen molar-refractivity contribution in [3.63, 3.8) is 0 Å². The maximum absolute atomic E-state index is 12.4. The van der Waals surface area contributed by atoms with Crippen LogP contribution in [-0.4, -0.2) is 21.7 Å². The van der Waals surface area contributed by atoms with Gasteiger partial charge < -0.3 is 4.74 Å². The van der Waals surface area contributed by atoms with Crippen LogP contribution in [0, 0.1) is 6.92 Å². The van der Waals surface area contributed by atoms with Gasteiger partial charge in [0, 0.05) is 5.56 Å². The van der Waals surface area contributed by atoms with Gasteiger partial charge in [-0.15, -0.1) is 0 Å². The molecule has 5 heteroatoms. The van der Waals surface area contributed by atoms with E-state index in [9.17, 15) is 8.42 Å². The molecular formula is C19H17NO3S.